The summed E-state index contributed by atoms with van der Waals surface area (Å²) in [6.07, 6.45) is 1.05. The summed E-state index contributed by atoms with van der Waals surface area (Å²) in [6, 6.07) is 5.62. The lowest BCUT2D eigenvalue weighted by Crippen LogP contribution is -2.25. The van der Waals surface area contributed by atoms with E-state index in [1.165, 1.54) is 5.56 Å². The molecule has 3 nitrogen and oxygen atoms in total. The topological polar surface area (TPSA) is 52.5 Å². The predicted molar refractivity (Wildman–Crippen MR) is 73.8 cm³/mol. The summed E-state index contributed by atoms with van der Waals surface area (Å²) in [6.45, 7) is 11.4. The Labute approximate surface area is 110 Å². The lowest BCUT2D eigenvalue weighted by molar-refractivity contribution is 0.160. The summed E-state index contributed by atoms with van der Waals surface area (Å²) in [5.41, 5.74) is 4.28. The van der Waals surface area contributed by atoms with Gasteiger partial charge in [-0.25, -0.2) is 5.48 Å². The molecule has 0 fully saturated rings. The molecule has 102 valence electrons. The van der Waals surface area contributed by atoms with Crippen molar-refractivity contribution in [3.8, 4) is 5.75 Å². The van der Waals surface area contributed by atoms with Crippen LogP contribution in [-0.4, -0.2) is 10.3 Å². The Balaban J connectivity index is 3.05. The quantitative estimate of drug-likeness (QED) is 0.717. The second-order valence-electron chi connectivity index (χ2n) is 6.80. The molecule has 0 saturated carbocycles. The average molecular weight is 251 g/mol. The van der Waals surface area contributed by atoms with Crippen molar-refractivity contribution in [2.24, 2.45) is 5.41 Å². The van der Waals surface area contributed by atoms with Gasteiger partial charge in [-0.1, -0.05) is 46.8 Å². The van der Waals surface area contributed by atoms with E-state index in [2.05, 4.69) is 40.1 Å². The number of aromatic hydroxyl groups is 1. The largest absolute Gasteiger partial charge is 0.508 e. The highest BCUT2D eigenvalue weighted by molar-refractivity contribution is 5.39. The Morgan fingerprint density at radius 2 is 1.72 bits per heavy atom. The van der Waals surface area contributed by atoms with Gasteiger partial charge in [-0.2, -0.15) is 0 Å². The van der Waals surface area contributed by atoms with Crippen molar-refractivity contribution in [2.75, 3.05) is 0 Å². The summed E-state index contributed by atoms with van der Waals surface area (Å²) in [5.74, 6) is 0.215. The van der Waals surface area contributed by atoms with Crippen LogP contribution in [0.4, 0.5) is 0 Å². The van der Waals surface area contributed by atoms with Crippen molar-refractivity contribution >= 4 is 0 Å². The van der Waals surface area contributed by atoms with E-state index >= 15 is 0 Å². The van der Waals surface area contributed by atoms with E-state index in [4.69, 9.17) is 5.21 Å². The van der Waals surface area contributed by atoms with E-state index in [0.717, 1.165) is 12.0 Å². The number of nitrogens with one attached hydrogen (secondary N) is 1. The first-order valence-electron chi connectivity index (χ1n) is 6.35. The zero-order valence-corrected chi connectivity index (χ0v) is 12.0. The summed E-state index contributed by atoms with van der Waals surface area (Å²) < 4.78 is 0. The van der Waals surface area contributed by atoms with Gasteiger partial charge in [0.15, 0.2) is 0 Å². The van der Waals surface area contributed by atoms with Gasteiger partial charge < -0.3 is 10.3 Å². The Bertz CT molecular complexity index is 405. The number of hydrogen-bond donors (Lipinski definition) is 3. The minimum atomic E-state index is 0.0379. The molecule has 0 atom stereocenters. The van der Waals surface area contributed by atoms with Crippen molar-refractivity contribution in [3.05, 3.63) is 29.3 Å². The fraction of sp³-hybridized carbons (Fsp3) is 0.600. The van der Waals surface area contributed by atoms with Crippen LogP contribution in [0.25, 0.3) is 0 Å². The molecule has 1 aromatic carbocycles. The number of hydroxylamine groups is 1. The Morgan fingerprint density at radius 3 is 2.22 bits per heavy atom. The molecule has 0 aliphatic carbocycles. The van der Waals surface area contributed by atoms with Crippen LogP contribution in [0.15, 0.2) is 18.2 Å². The molecule has 18 heavy (non-hydrogen) atoms. The molecule has 3 N–H and O–H groups in total. The average Bonchev–Trinajstić information content (AvgIpc) is 2.17. The van der Waals surface area contributed by atoms with Gasteiger partial charge in [0.1, 0.15) is 5.75 Å². The fourth-order valence-electron chi connectivity index (χ4n) is 2.66. The number of benzene rings is 1. The van der Waals surface area contributed by atoms with Crippen LogP contribution >= 0.6 is 0 Å². The highest BCUT2D eigenvalue weighted by Crippen LogP contribution is 2.37. The van der Waals surface area contributed by atoms with Crippen LogP contribution in [-0.2, 0) is 12.0 Å². The third kappa shape index (κ3) is 4.00. The summed E-state index contributed by atoms with van der Waals surface area (Å²) >= 11 is 0. The van der Waals surface area contributed by atoms with E-state index < -0.39 is 0 Å². The Hall–Kier alpha value is -1.06. The van der Waals surface area contributed by atoms with Gasteiger partial charge in [-0.05, 0) is 28.9 Å². The smallest absolute Gasteiger partial charge is 0.120 e. The van der Waals surface area contributed by atoms with Gasteiger partial charge in [-0.3, -0.25) is 0 Å². The van der Waals surface area contributed by atoms with Gasteiger partial charge in [0.05, 0.1) is 0 Å². The van der Waals surface area contributed by atoms with Crippen molar-refractivity contribution in [3.63, 3.8) is 0 Å². The first-order chi connectivity index (χ1) is 8.15. The molecule has 0 saturated heterocycles. The third-order valence-corrected chi connectivity index (χ3v) is 3.10. The zero-order valence-electron chi connectivity index (χ0n) is 12.0. The van der Waals surface area contributed by atoms with E-state index in [0.29, 0.717) is 0 Å². The van der Waals surface area contributed by atoms with Crippen molar-refractivity contribution in [2.45, 2.75) is 53.0 Å². The third-order valence-electron chi connectivity index (χ3n) is 3.10. The molecule has 0 aliphatic heterocycles. The summed E-state index contributed by atoms with van der Waals surface area (Å²) in [4.78, 5) is 0. The van der Waals surface area contributed by atoms with Gasteiger partial charge >= 0.3 is 0 Å². The first kappa shape index (κ1) is 15.0. The van der Waals surface area contributed by atoms with E-state index in [1.54, 1.807) is 6.07 Å². The number of rotatable bonds is 4. The number of phenolic OH excluding ortho intramolecular Hbond substituents is 1. The molecule has 0 amide bonds. The summed E-state index contributed by atoms with van der Waals surface area (Å²) in [5, 5.41) is 18.5. The van der Waals surface area contributed by atoms with Crippen LogP contribution in [0.2, 0.25) is 0 Å². The van der Waals surface area contributed by atoms with E-state index in [-0.39, 0.29) is 23.1 Å². The maximum absolute atomic E-state index is 9.71. The molecule has 3 heteroatoms. The molecule has 0 bridgehead atoms. The maximum Gasteiger partial charge on any atom is 0.120 e. The van der Waals surface area contributed by atoms with Crippen molar-refractivity contribution in [1.82, 2.24) is 5.48 Å². The van der Waals surface area contributed by atoms with Gasteiger partial charge in [0, 0.05) is 12.1 Å². The minimum absolute atomic E-state index is 0.0379. The highest BCUT2D eigenvalue weighted by Gasteiger charge is 2.27. The van der Waals surface area contributed by atoms with Crippen LogP contribution in [0.1, 0.15) is 52.2 Å². The molecule has 1 rings (SSSR count). The Kier molecular flexibility index (Phi) is 4.41. The number of hydrogen-bond acceptors (Lipinski definition) is 3. The molecule has 0 aliphatic rings. The second kappa shape index (κ2) is 5.29. The van der Waals surface area contributed by atoms with Gasteiger partial charge in [-0.15, -0.1) is 0 Å². The maximum atomic E-state index is 9.71. The SMILES string of the molecule is CC(C)(C)CC(C)(C)c1ccc(O)c(CNO)c1. The van der Waals surface area contributed by atoms with Crippen LogP contribution < -0.4 is 5.48 Å². The van der Waals surface area contributed by atoms with Crippen LogP contribution in [0.3, 0.4) is 0 Å². The highest BCUT2D eigenvalue weighted by atomic mass is 16.5. The standard InChI is InChI=1S/C15H25NO2/c1-14(2,3)10-15(4,5)12-6-7-13(17)11(8-12)9-16-18/h6-8,16-18H,9-10H2,1-5H3. The number of phenols is 1. The molecular formula is C15H25NO2. The van der Waals surface area contributed by atoms with Gasteiger partial charge in [0.2, 0.25) is 0 Å². The van der Waals surface area contributed by atoms with Gasteiger partial charge in [0.25, 0.3) is 0 Å². The summed E-state index contributed by atoms with van der Waals surface area (Å²) in [7, 11) is 0. The molecular weight excluding hydrogens is 226 g/mol. The molecule has 0 unspecified atom stereocenters. The molecule has 1 aromatic rings. The molecule has 0 radical (unpaired) electrons. The van der Waals surface area contributed by atoms with Crippen molar-refractivity contribution in [1.29, 1.82) is 0 Å². The predicted octanol–water partition coefficient (Wildman–Crippen LogP) is 3.58. The van der Waals surface area contributed by atoms with Crippen molar-refractivity contribution < 1.29 is 10.3 Å². The lowest BCUT2D eigenvalue weighted by Gasteiger charge is -2.33. The van der Waals surface area contributed by atoms with Crippen LogP contribution in [0, 0.1) is 5.41 Å². The monoisotopic (exact) mass is 251 g/mol. The van der Waals surface area contributed by atoms with E-state index in [1.807, 2.05) is 12.1 Å². The van der Waals surface area contributed by atoms with Crippen LogP contribution in [0.5, 0.6) is 5.75 Å². The first-order valence-corrected chi connectivity index (χ1v) is 6.35. The molecule has 0 spiro atoms. The zero-order chi connectivity index (χ0) is 14.0. The minimum Gasteiger partial charge on any atom is -0.508 e. The van der Waals surface area contributed by atoms with E-state index in [9.17, 15) is 5.11 Å². The normalized spacial score (nSPS) is 12.8. The Morgan fingerprint density at radius 1 is 1.11 bits per heavy atom. The lowest BCUT2D eigenvalue weighted by atomic mass is 9.72. The second-order valence-corrected chi connectivity index (χ2v) is 6.80. The fourth-order valence-corrected chi connectivity index (χ4v) is 2.66. The molecule has 0 aromatic heterocycles. The molecule has 0 heterocycles.